The first kappa shape index (κ1) is 12.5. The molecule has 1 aliphatic carbocycles. The first-order valence-corrected chi connectivity index (χ1v) is 6.20. The Bertz CT molecular complexity index is 348. The number of hydrogen-bond donors (Lipinski definition) is 1. The van der Waals surface area contributed by atoms with E-state index in [0.717, 1.165) is 30.4 Å². The molecule has 0 saturated heterocycles. The molecule has 1 aromatic rings. The van der Waals surface area contributed by atoms with Crippen LogP contribution in [0.25, 0.3) is 0 Å². The molecule has 0 aromatic heterocycles. The summed E-state index contributed by atoms with van der Waals surface area (Å²) >= 11 is 0. The number of hydrogen-bond acceptors (Lipinski definition) is 1. The fourth-order valence-electron chi connectivity index (χ4n) is 2.75. The lowest BCUT2D eigenvalue weighted by Gasteiger charge is -2.31. The van der Waals surface area contributed by atoms with Crippen LogP contribution in [0.1, 0.15) is 42.7 Å². The molecule has 1 aliphatic rings. The van der Waals surface area contributed by atoms with Crippen LogP contribution in [0.3, 0.4) is 0 Å². The molecule has 2 rings (SSSR count). The lowest BCUT2D eigenvalue weighted by molar-refractivity contribution is 0.0430. The largest absolute Gasteiger partial charge is 0.392 e. The zero-order valence-electron chi connectivity index (χ0n) is 9.78. The van der Waals surface area contributed by atoms with Crippen molar-refractivity contribution in [2.45, 2.75) is 44.6 Å². The summed E-state index contributed by atoms with van der Waals surface area (Å²) < 4.78 is 25.9. The van der Waals surface area contributed by atoms with Crippen LogP contribution in [0, 0.1) is 5.92 Å². The summed E-state index contributed by atoms with van der Waals surface area (Å²) in [7, 11) is 0. The minimum atomic E-state index is -2.22. The number of benzene rings is 1. The number of aliphatic hydroxyl groups excluding tert-OH is 1. The molecule has 2 unspecified atom stereocenters. The average Bonchev–Trinajstić information content (AvgIpc) is 2.39. The minimum absolute atomic E-state index is 0.00320. The Morgan fingerprint density at radius 1 is 1.12 bits per heavy atom. The van der Waals surface area contributed by atoms with E-state index in [-0.39, 0.29) is 12.5 Å². The maximum atomic E-state index is 13.0. The summed E-state index contributed by atoms with van der Waals surface area (Å²) in [5.41, 5.74) is 1.82. The average molecular weight is 240 g/mol. The van der Waals surface area contributed by atoms with Crippen LogP contribution in [0.15, 0.2) is 24.3 Å². The molecule has 0 spiro atoms. The van der Waals surface area contributed by atoms with Crippen LogP contribution in [-0.4, -0.2) is 11.5 Å². The SMILES string of the molecule is OCc1ccc(C2CCCCC2C(F)F)cc1. The molecule has 94 valence electrons. The summed E-state index contributed by atoms with van der Waals surface area (Å²) in [6.45, 7) is 0.00320. The van der Waals surface area contributed by atoms with Gasteiger partial charge in [0.2, 0.25) is 6.43 Å². The second-order valence-corrected chi connectivity index (χ2v) is 4.79. The third-order valence-corrected chi connectivity index (χ3v) is 3.73. The van der Waals surface area contributed by atoms with Crippen LogP contribution < -0.4 is 0 Å². The van der Waals surface area contributed by atoms with E-state index in [1.54, 1.807) is 0 Å². The van der Waals surface area contributed by atoms with Gasteiger partial charge in [-0.05, 0) is 29.9 Å². The van der Waals surface area contributed by atoms with E-state index >= 15 is 0 Å². The zero-order valence-corrected chi connectivity index (χ0v) is 9.78. The summed E-state index contributed by atoms with van der Waals surface area (Å²) in [5, 5.41) is 8.96. The lowest BCUT2D eigenvalue weighted by Crippen LogP contribution is -2.24. The summed E-state index contributed by atoms with van der Waals surface area (Å²) in [6.07, 6.45) is 1.21. The second-order valence-electron chi connectivity index (χ2n) is 4.79. The molecular formula is C14H18F2O. The molecule has 3 heteroatoms. The molecule has 0 amide bonds. The van der Waals surface area contributed by atoms with Gasteiger partial charge in [0.25, 0.3) is 0 Å². The molecule has 0 aliphatic heterocycles. The van der Waals surface area contributed by atoms with Gasteiger partial charge in [-0.2, -0.15) is 0 Å². The Labute approximate surface area is 100 Å². The molecule has 0 heterocycles. The molecule has 1 aromatic carbocycles. The Morgan fingerprint density at radius 2 is 1.76 bits per heavy atom. The van der Waals surface area contributed by atoms with Crippen molar-refractivity contribution in [1.82, 2.24) is 0 Å². The predicted octanol–water partition coefficient (Wildman–Crippen LogP) is 3.72. The molecule has 0 bridgehead atoms. The number of rotatable bonds is 3. The third-order valence-electron chi connectivity index (χ3n) is 3.73. The fraction of sp³-hybridized carbons (Fsp3) is 0.571. The number of alkyl halides is 2. The molecule has 1 fully saturated rings. The quantitative estimate of drug-likeness (QED) is 0.853. The van der Waals surface area contributed by atoms with Crippen molar-refractivity contribution in [3.63, 3.8) is 0 Å². The van der Waals surface area contributed by atoms with Crippen LogP contribution in [0.4, 0.5) is 8.78 Å². The molecule has 1 nitrogen and oxygen atoms in total. The van der Waals surface area contributed by atoms with Gasteiger partial charge in [-0.15, -0.1) is 0 Å². The van der Waals surface area contributed by atoms with E-state index in [2.05, 4.69) is 0 Å². The molecule has 2 atom stereocenters. The lowest BCUT2D eigenvalue weighted by atomic mass is 9.75. The highest BCUT2D eigenvalue weighted by atomic mass is 19.3. The van der Waals surface area contributed by atoms with Gasteiger partial charge in [0.1, 0.15) is 0 Å². The highest BCUT2D eigenvalue weighted by molar-refractivity contribution is 5.26. The van der Waals surface area contributed by atoms with Crippen molar-refractivity contribution < 1.29 is 13.9 Å². The van der Waals surface area contributed by atoms with Crippen LogP contribution in [0.2, 0.25) is 0 Å². The van der Waals surface area contributed by atoms with Gasteiger partial charge in [-0.25, -0.2) is 8.78 Å². The molecule has 1 saturated carbocycles. The molecule has 0 radical (unpaired) electrons. The number of halogens is 2. The topological polar surface area (TPSA) is 20.2 Å². The molecule has 17 heavy (non-hydrogen) atoms. The van der Waals surface area contributed by atoms with Crippen molar-refractivity contribution in [2.75, 3.05) is 0 Å². The fourth-order valence-corrected chi connectivity index (χ4v) is 2.75. The van der Waals surface area contributed by atoms with Crippen LogP contribution in [-0.2, 0) is 6.61 Å². The first-order valence-electron chi connectivity index (χ1n) is 6.20. The van der Waals surface area contributed by atoms with Crippen molar-refractivity contribution in [3.8, 4) is 0 Å². The Morgan fingerprint density at radius 3 is 2.35 bits per heavy atom. The highest BCUT2D eigenvalue weighted by Gasteiger charge is 2.32. The van der Waals surface area contributed by atoms with E-state index in [4.69, 9.17) is 5.11 Å². The van der Waals surface area contributed by atoms with Crippen LogP contribution >= 0.6 is 0 Å². The molecular weight excluding hydrogens is 222 g/mol. The van der Waals surface area contributed by atoms with E-state index in [1.165, 1.54) is 0 Å². The van der Waals surface area contributed by atoms with E-state index in [0.29, 0.717) is 6.42 Å². The van der Waals surface area contributed by atoms with Gasteiger partial charge >= 0.3 is 0 Å². The van der Waals surface area contributed by atoms with Crippen molar-refractivity contribution in [3.05, 3.63) is 35.4 Å². The Kier molecular flexibility index (Phi) is 4.11. The zero-order chi connectivity index (χ0) is 12.3. The van der Waals surface area contributed by atoms with E-state index < -0.39 is 12.3 Å². The standard InChI is InChI=1S/C14H18F2O/c15-14(16)13-4-2-1-3-12(13)11-7-5-10(9-17)6-8-11/h5-8,12-14,17H,1-4,9H2. The van der Waals surface area contributed by atoms with Gasteiger partial charge in [0.05, 0.1) is 6.61 Å². The normalized spacial score (nSPS) is 25.2. The van der Waals surface area contributed by atoms with Gasteiger partial charge in [0.15, 0.2) is 0 Å². The van der Waals surface area contributed by atoms with Crippen molar-refractivity contribution in [1.29, 1.82) is 0 Å². The smallest absolute Gasteiger partial charge is 0.242 e. The second kappa shape index (κ2) is 5.58. The highest BCUT2D eigenvalue weighted by Crippen LogP contribution is 2.40. The van der Waals surface area contributed by atoms with Gasteiger partial charge < -0.3 is 5.11 Å². The predicted molar refractivity (Wildman–Crippen MR) is 63.1 cm³/mol. The minimum Gasteiger partial charge on any atom is -0.392 e. The Hall–Kier alpha value is -0.960. The van der Waals surface area contributed by atoms with Gasteiger partial charge in [-0.1, -0.05) is 37.1 Å². The summed E-state index contributed by atoms with van der Waals surface area (Å²) in [5.74, 6) is -0.514. The number of aliphatic hydroxyl groups is 1. The maximum Gasteiger partial charge on any atom is 0.242 e. The monoisotopic (exact) mass is 240 g/mol. The first-order chi connectivity index (χ1) is 8.22. The Balaban J connectivity index is 2.17. The summed E-state index contributed by atoms with van der Waals surface area (Å²) in [6, 6.07) is 7.42. The maximum absolute atomic E-state index is 13.0. The van der Waals surface area contributed by atoms with Crippen molar-refractivity contribution >= 4 is 0 Å². The van der Waals surface area contributed by atoms with Gasteiger partial charge in [0, 0.05) is 5.92 Å². The third kappa shape index (κ3) is 2.83. The summed E-state index contributed by atoms with van der Waals surface area (Å²) in [4.78, 5) is 0. The van der Waals surface area contributed by atoms with Gasteiger partial charge in [-0.3, -0.25) is 0 Å². The van der Waals surface area contributed by atoms with Crippen molar-refractivity contribution in [2.24, 2.45) is 5.92 Å². The molecule has 1 N–H and O–H groups in total. The van der Waals surface area contributed by atoms with E-state index in [1.807, 2.05) is 24.3 Å². The van der Waals surface area contributed by atoms with E-state index in [9.17, 15) is 8.78 Å². The van der Waals surface area contributed by atoms with Crippen LogP contribution in [0.5, 0.6) is 0 Å².